The molecule has 0 fully saturated rings. The highest BCUT2D eigenvalue weighted by Crippen LogP contribution is 2.39. The molecule has 0 aliphatic carbocycles. The van der Waals surface area contributed by atoms with E-state index in [0.717, 1.165) is 11.1 Å². The summed E-state index contributed by atoms with van der Waals surface area (Å²) in [5, 5.41) is 0.501. The Balaban J connectivity index is 0.00000289. The van der Waals surface area contributed by atoms with Crippen LogP contribution in [0.25, 0.3) is 0 Å². The lowest BCUT2D eigenvalue weighted by molar-refractivity contribution is 0.354. The third-order valence-corrected chi connectivity index (χ3v) is 2.87. The Morgan fingerprint density at radius 2 is 2.00 bits per heavy atom. The van der Waals surface area contributed by atoms with E-state index < -0.39 is 0 Å². The fourth-order valence-corrected chi connectivity index (χ4v) is 2.05. The van der Waals surface area contributed by atoms with E-state index in [0.29, 0.717) is 22.9 Å². The molecule has 0 unspecified atom stereocenters. The number of halogens is 2. The Morgan fingerprint density at radius 1 is 1.39 bits per heavy atom. The quantitative estimate of drug-likeness (QED) is 0.841. The minimum absolute atomic E-state index is 0. The Kier molecular flexibility index (Phi) is 7.14. The molecule has 0 aliphatic rings. The fourth-order valence-electron chi connectivity index (χ4n) is 1.68. The van der Waals surface area contributed by atoms with Gasteiger partial charge in [-0.25, -0.2) is 0 Å². The summed E-state index contributed by atoms with van der Waals surface area (Å²) in [5.74, 6) is 1.12. The van der Waals surface area contributed by atoms with Gasteiger partial charge in [-0.3, -0.25) is 0 Å². The Morgan fingerprint density at radius 3 is 2.44 bits per heavy atom. The van der Waals surface area contributed by atoms with Gasteiger partial charge in [0, 0.05) is 6.04 Å². The molecule has 0 aromatic heterocycles. The molecule has 102 valence electrons. The highest BCUT2D eigenvalue weighted by atomic mass is 35.5. The van der Waals surface area contributed by atoms with Crippen LogP contribution in [-0.2, 0) is 0 Å². The molecule has 0 saturated carbocycles. The van der Waals surface area contributed by atoms with Crippen molar-refractivity contribution in [2.45, 2.75) is 19.4 Å². The predicted octanol–water partition coefficient (Wildman–Crippen LogP) is 3.75. The van der Waals surface area contributed by atoms with Crippen LogP contribution in [0.2, 0.25) is 5.02 Å². The maximum absolute atomic E-state index is 6.26. The molecular formula is C13H19Cl2NO2. The van der Waals surface area contributed by atoms with Gasteiger partial charge in [0.15, 0.2) is 11.5 Å². The third kappa shape index (κ3) is 3.80. The predicted molar refractivity (Wildman–Crippen MR) is 78.2 cm³/mol. The van der Waals surface area contributed by atoms with Crippen molar-refractivity contribution in [3.63, 3.8) is 0 Å². The second-order valence-corrected chi connectivity index (χ2v) is 4.35. The molecule has 1 atom stereocenters. The number of hydrogen-bond donors (Lipinski definition) is 1. The number of rotatable bonds is 5. The first-order valence-corrected chi connectivity index (χ1v) is 5.69. The molecule has 0 heterocycles. The molecular weight excluding hydrogens is 273 g/mol. The van der Waals surface area contributed by atoms with Crippen LogP contribution < -0.4 is 15.2 Å². The summed E-state index contributed by atoms with van der Waals surface area (Å²) in [4.78, 5) is 0. The first kappa shape index (κ1) is 17.1. The monoisotopic (exact) mass is 291 g/mol. The van der Waals surface area contributed by atoms with Crippen LogP contribution in [0.1, 0.15) is 24.9 Å². The standard InChI is InChI=1S/C13H18ClNO2.ClH/c1-8(2)7-10(15)9-5-6-11(16-3)13(17-4)12(9)14;/h5-6,10H,1,7,15H2,2-4H3;1H/t10-;/m1./s1. The number of benzene rings is 1. The van der Waals surface area contributed by atoms with E-state index in [1.807, 2.05) is 13.0 Å². The minimum Gasteiger partial charge on any atom is -0.493 e. The summed E-state index contributed by atoms with van der Waals surface area (Å²) in [6.45, 7) is 5.79. The summed E-state index contributed by atoms with van der Waals surface area (Å²) >= 11 is 6.26. The van der Waals surface area contributed by atoms with E-state index in [1.165, 1.54) is 0 Å². The van der Waals surface area contributed by atoms with Crippen molar-refractivity contribution in [3.05, 3.63) is 34.9 Å². The van der Waals surface area contributed by atoms with Crippen LogP contribution >= 0.6 is 24.0 Å². The zero-order valence-electron chi connectivity index (χ0n) is 10.8. The summed E-state index contributed by atoms with van der Waals surface area (Å²) in [6.07, 6.45) is 0.690. The van der Waals surface area contributed by atoms with Gasteiger partial charge in [0.05, 0.1) is 19.2 Å². The molecule has 0 bridgehead atoms. The van der Waals surface area contributed by atoms with Crippen molar-refractivity contribution in [1.82, 2.24) is 0 Å². The van der Waals surface area contributed by atoms with Crippen molar-refractivity contribution >= 4 is 24.0 Å². The maximum atomic E-state index is 6.26. The number of methoxy groups -OCH3 is 2. The normalized spacial score (nSPS) is 11.4. The van der Waals surface area contributed by atoms with Gasteiger partial charge in [-0.15, -0.1) is 19.0 Å². The van der Waals surface area contributed by atoms with Gasteiger partial charge in [-0.05, 0) is 25.0 Å². The molecule has 1 rings (SSSR count). The summed E-state index contributed by atoms with van der Waals surface area (Å²) in [7, 11) is 3.12. The summed E-state index contributed by atoms with van der Waals surface area (Å²) in [6, 6.07) is 3.48. The molecule has 5 heteroatoms. The molecule has 2 N–H and O–H groups in total. The first-order valence-electron chi connectivity index (χ1n) is 5.31. The van der Waals surface area contributed by atoms with E-state index >= 15 is 0 Å². The van der Waals surface area contributed by atoms with Crippen molar-refractivity contribution in [1.29, 1.82) is 0 Å². The van der Waals surface area contributed by atoms with Gasteiger partial charge in [0.1, 0.15) is 0 Å². The third-order valence-electron chi connectivity index (χ3n) is 2.48. The van der Waals surface area contributed by atoms with Gasteiger partial charge < -0.3 is 15.2 Å². The molecule has 3 nitrogen and oxygen atoms in total. The van der Waals surface area contributed by atoms with Crippen LogP contribution in [0.4, 0.5) is 0 Å². The largest absolute Gasteiger partial charge is 0.493 e. The molecule has 0 amide bonds. The van der Waals surface area contributed by atoms with Crippen LogP contribution in [0, 0.1) is 0 Å². The van der Waals surface area contributed by atoms with Gasteiger partial charge in [-0.1, -0.05) is 23.2 Å². The van der Waals surface area contributed by atoms with Crippen molar-refractivity contribution in [3.8, 4) is 11.5 Å². The molecule has 0 aliphatic heterocycles. The zero-order chi connectivity index (χ0) is 13.0. The average molecular weight is 292 g/mol. The molecule has 18 heavy (non-hydrogen) atoms. The van der Waals surface area contributed by atoms with Crippen LogP contribution in [0.15, 0.2) is 24.3 Å². The van der Waals surface area contributed by atoms with Crippen molar-refractivity contribution < 1.29 is 9.47 Å². The second kappa shape index (κ2) is 7.52. The number of hydrogen-bond acceptors (Lipinski definition) is 3. The Bertz CT molecular complexity index is 422. The fraction of sp³-hybridized carbons (Fsp3) is 0.385. The molecule has 1 aromatic rings. The number of ether oxygens (including phenoxy) is 2. The summed E-state index contributed by atoms with van der Waals surface area (Å²) < 4.78 is 10.4. The highest BCUT2D eigenvalue weighted by molar-refractivity contribution is 6.33. The van der Waals surface area contributed by atoms with Gasteiger partial charge in [0.2, 0.25) is 0 Å². The molecule has 0 saturated heterocycles. The zero-order valence-corrected chi connectivity index (χ0v) is 12.4. The van der Waals surface area contributed by atoms with Crippen LogP contribution in [0.5, 0.6) is 11.5 Å². The maximum Gasteiger partial charge on any atom is 0.179 e. The first-order chi connectivity index (χ1) is 8.01. The number of nitrogens with two attached hydrogens (primary N) is 1. The Labute approximate surface area is 119 Å². The lowest BCUT2D eigenvalue weighted by atomic mass is 10.0. The van der Waals surface area contributed by atoms with Gasteiger partial charge >= 0.3 is 0 Å². The van der Waals surface area contributed by atoms with Gasteiger partial charge in [0.25, 0.3) is 0 Å². The van der Waals surface area contributed by atoms with E-state index in [1.54, 1.807) is 20.3 Å². The van der Waals surface area contributed by atoms with E-state index in [9.17, 15) is 0 Å². The SMILES string of the molecule is C=C(C)C[C@@H](N)c1ccc(OC)c(OC)c1Cl.Cl. The second-order valence-electron chi connectivity index (χ2n) is 3.97. The van der Waals surface area contributed by atoms with E-state index in [2.05, 4.69) is 6.58 Å². The van der Waals surface area contributed by atoms with E-state index in [-0.39, 0.29) is 18.4 Å². The lowest BCUT2D eigenvalue weighted by Gasteiger charge is -2.17. The molecule has 0 spiro atoms. The Hall–Kier alpha value is -0.900. The molecule has 1 aromatic carbocycles. The van der Waals surface area contributed by atoms with E-state index in [4.69, 9.17) is 26.8 Å². The summed E-state index contributed by atoms with van der Waals surface area (Å²) in [5.41, 5.74) is 7.93. The van der Waals surface area contributed by atoms with Crippen molar-refractivity contribution in [2.75, 3.05) is 14.2 Å². The van der Waals surface area contributed by atoms with Crippen LogP contribution in [0.3, 0.4) is 0 Å². The smallest absolute Gasteiger partial charge is 0.179 e. The van der Waals surface area contributed by atoms with Crippen LogP contribution in [-0.4, -0.2) is 14.2 Å². The minimum atomic E-state index is -0.181. The topological polar surface area (TPSA) is 44.5 Å². The van der Waals surface area contributed by atoms with Gasteiger partial charge in [-0.2, -0.15) is 0 Å². The highest BCUT2D eigenvalue weighted by Gasteiger charge is 2.17. The van der Waals surface area contributed by atoms with Crippen molar-refractivity contribution in [2.24, 2.45) is 5.73 Å². The average Bonchev–Trinajstić information content (AvgIpc) is 2.27. The molecule has 0 radical (unpaired) electrons. The lowest BCUT2D eigenvalue weighted by Crippen LogP contribution is -2.11.